The molecule has 2 aromatic heterocycles. The van der Waals surface area contributed by atoms with E-state index in [1.165, 1.54) is 17.2 Å². The van der Waals surface area contributed by atoms with Crippen molar-refractivity contribution >= 4 is 22.6 Å². The van der Waals surface area contributed by atoms with E-state index in [0.717, 1.165) is 50.2 Å². The third kappa shape index (κ3) is 4.85. The van der Waals surface area contributed by atoms with E-state index >= 15 is 0 Å². The summed E-state index contributed by atoms with van der Waals surface area (Å²) in [5.74, 6) is 0.857. The SMILES string of the molecule is CC1CC(C)(C)N(C)c2cc3oc(=O)c(-c4cc(=O)[nH]c(N5CCN(Cc6ccccc6)CC5)n4)cc3cc21. The van der Waals surface area contributed by atoms with Crippen LogP contribution in [-0.2, 0) is 6.54 Å². The van der Waals surface area contributed by atoms with Gasteiger partial charge >= 0.3 is 5.63 Å². The van der Waals surface area contributed by atoms with Crippen LogP contribution >= 0.6 is 0 Å². The van der Waals surface area contributed by atoms with Crippen LogP contribution in [0.3, 0.4) is 0 Å². The summed E-state index contributed by atoms with van der Waals surface area (Å²) in [6, 6.07) is 17.7. The summed E-state index contributed by atoms with van der Waals surface area (Å²) in [4.78, 5) is 40.1. The molecule has 1 fully saturated rings. The largest absolute Gasteiger partial charge is 0.422 e. The lowest BCUT2D eigenvalue weighted by Crippen LogP contribution is -2.47. The second kappa shape index (κ2) is 9.68. The number of aromatic amines is 1. The predicted octanol–water partition coefficient (Wildman–Crippen LogP) is 4.59. The number of piperazine rings is 1. The first kappa shape index (κ1) is 25.4. The number of nitrogens with one attached hydrogen (secondary N) is 1. The van der Waals surface area contributed by atoms with Gasteiger partial charge in [0, 0.05) is 68.5 Å². The first-order valence-corrected chi connectivity index (χ1v) is 13.7. The number of hydrogen-bond acceptors (Lipinski definition) is 7. The maximum absolute atomic E-state index is 13.1. The Morgan fingerprint density at radius 1 is 1.03 bits per heavy atom. The van der Waals surface area contributed by atoms with Gasteiger partial charge in [-0.25, -0.2) is 9.78 Å². The van der Waals surface area contributed by atoms with E-state index in [9.17, 15) is 9.59 Å². The van der Waals surface area contributed by atoms with Crippen molar-refractivity contribution in [1.82, 2.24) is 14.9 Å². The highest BCUT2D eigenvalue weighted by molar-refractivity contribution is 5.86. The number of anilines is 2. The average Bonchev–Trinajstić information content (AvgIpc) is 2.91. The summed E-state index contributed by atoms with van der Waals surface area (Å²) in [6.07, 6.45) is 1.03. The summed E-state index contributed by atoms with van der Waals surface area (Å²) < 4.78 is 5.81. The molecule has 0 amide bonds. The number of H-pyrrole nitrogens is 1. The molecule has 4 heterocycles. The molecular weight excluding hydrogens is 490 g/mol. The number of hydrogen-bond donors (Lipinski definition) is 1. The molecular formula is C31H35N5O3. The molecule has 0 spiro atoms. The maximum Gasteiger partial charge on any atom is 0.345 e. The number of nitrogens with zero attached hydrogens (tertiary/aromatic N) is 4. The Balaban J connectivity index is 1.29. The van der Waals surface area contributed by atoms with Crippen molar-refractivity contribution in [3.8, 4) is 11.3 Å². The van der Waals surface area contributed by atoms with Crippen molar-refractivity contribution in [2.45, 2.75) is 45.2 Å². The van der Waals surface area contributed by atoms with Crippen LogP contribution in [0.5, 0.6) is 0 Å². The van der Waals surface area contributed by atoms with Gasteiger partial charge in [0.15, 0.2) is 0 Å². The molecule has 202 valence electrons. The third-order valence-corrected chi connectivity index (χ3v) is 8.41. The monoisotopic (exact) mass is 525 g/mol. The van der Waals surface area contributed by atoms with Crippen LogP contribution in [-0.4, -0.2) is 53.6 Å². The Bertz CT molecular complexity index is 1630. The molecule has 2 aliphatic rings. The third-order valence-electron chi connectivity index (χ3n) is 8.41. The summed E-state index contributed by atoms with van der Waals surface area (Å²) in [5, 5.41) is 0.835. The van der Waals surface area contributed by atoms with Crippen LogP contribution in [0.1, 0.15) is 44.2 Å². The van der Waals surface area contributed by atoms with E-state index in [1.54, 1.807) is 0 Å². The molecule has 0 aliphatic carbocycles. The highest BCUT2D eigenvalue weighted by Crippen LogP contribution is 2.44. The normalized spacial score (nSPS) is 19.3. The number of rotatable bonds is 4. The van der Waals surface area contributed by atoms with E-state index in [-0.39, 0.29) is 11.1 Å². The first-order valence-electron chi connectivity index (χ1n) is 13.7. The molecule has 2 aromatic carbocycles. The van der Waals surface area contributed by atoms with Crippen LogP contribution < -0.4 is 21.0 Å². The summed E-state index contributed by atoms with van der Waals surface area (Å²) >= 11 is 0. The van der Waals surface area contributed by atoms with E-state index in [2.05, 4.69) is 77.8 Å². The van der Waals surface area contributed by atoms with E-state index < -0.39 is 5.63 Å². The second-order valence-electron chi connectivity index (χ2n) is 11.6. The molecule has 0 bridgehead atoms. The molecule has 39 heavy (non-hydrogen) atoms. The van der Waals surface area contributed by atoms with Crippen molar-refractivity contribution in [3.63, 3.8) is 0 Å². The summed E-state index contributed by atoms with van der Waals surface area (Å²) in [5.41, 5.74) is 4.01. The zero-order chi connectivity index (χ0) is 27.3. The number of benzene rings is 2. The van der Waals surface area contributed by atoms with Crippen LogP contribution in [0, 0.1) is 0 Å². The average molecular weight is 526 g/mol. The van der Waals surface area contributed by atoms with Gasteiger partial charge in [-0.3, -0.25) is 14.7 Å². The molecule has 6 rings (SSSR count). The summed E-state index contributed by atoms with van der Waals surface area (Å²) in [6.45, 7) is 10.8. The highest BCUT2D eigenvalue weighted by Gasteiger charge is 2.34. The quantitative estimate of drug-likeness (QED) is 0.390. The van der Waals surface area contributed by atoms with Crippen molar-refractivity contribution in [3.05, 3.63) is 86.5 Å². The minimum atomic E-state index is -0.495. The van der Waals surface area contributed by atoms with E-state index in [0.29, 0.717) is 28.7 Å². The van der Waals surface area contributed by atoms with Crippen LogP contribution in [0.15, 0.2) is 68.6 Å². The molecule has 8 nitrogen and oxygen atoms in total. The summed E-state index contributed by atoms with van der Waals surface area (Å²) in [7, 11) is 2.09. The van der Waals surface area contributed by atoms with Crippen LogP contribution in [0.2, 0.25) is 0 Å². The Hall–Kier alpha value is -3.91. The van der Waals surface area contributed by atoms with Crippen molar-refractivity contribution in [2.75, 3.05) is 43.0 Å². The fraction of sp³-hybridized carbons (Fsp3) is 0.387. The highest BCUT2D eigenvalue weighted by atomic mass is 16.4. The minimum Gasteiger partial charge on any atom is -0.422 e. The van der Waals surface area contributed by atoms with Crippen LogP contribution in [0.4, 0.5) is 11.6 Å². The van der Waals surface area contributed by atoms with Crippen molar-refractivity contribution < 1.29 is 4.42 Å². The van der Waals surface area contributed by atoms with Gasteiger partial charge < -0.3 is 14.2 Å². The van der Waals surface area contributed by atoms with Gasteiger partial charge in [-0.2, -0.15) is 0 Å². The zero-order valence-electron chi connectivity index (χ0n) is 23.0. The van der Waals surface area contributed by atoms with Gasteiger partial charge in [-0.1, -0.05) is 37.3 Å². The molecule has 8 heteroatoms. The standard InChI is InChI=1S/C31H35N5O3/c1-20-18-31(2,3)34(4)26-17-27-22(14-23(20)26)15-24(29(38)39-27)25-16-28(37)33-30(32-25)36-12-10-35(11-13-36)19-21-8-6-5-7-9-21/h5-9,14-17,20H,10-13,18-19H2,1-4H3,(H,32,33,37). The maximum atomic E-state index is 13.1. The first-order chi connectivity index (χ1) is 18.7. The van der Waals surface area contributed by atoms with E-state index in [4.69, 9.17) is 9.40 Å². The number of aromatic nitrogens is 2. The van der Waals surface area contributed by atoms with Crippen LogP contribution in [0.25, 0.3) is 22.2 Å². The topological polar surface area (TPSA) is 85.7 Å². The lowest BCUT2D eigenvalue weighted by Gasteiger charge is -2.45. The Kier molecular flexibility index (Phi) is 6.30. The van der Waals surface area contributed by atoms with E-state index in [1.807, 2.05) is 18.2 Å². The van der Waals surface area contributed by atoms with Gasteiger partial charge in [0.1, 0.15) is 5.58 Å². The molecule has 0 radical (unpaired) electrons. The predicted molar refractivity (Wildman–Crippen MR) is 156 cm³/mol. The van der Waals surface area contributed by atoms with Crippen molar-refractivity contribution in [1.29, 1.82) is 0 Å². The van der Waals surface area contributed by atoms with Crippen molar-refractivity contribution in [2.24, 2.45) is 0 Å². The Morgan fingerprint density at radius 3 is 2.51 bits per heavy atom. The molecule has 0 saturated carbocycles. The Morgan fingerprint density at radius 2 is 1.77 bits per heavy atom. The number of fused-ring (bicyclic) bond motifs is 2. The lowest BCUT2D eigenvalue weighted by molar-refractivity contribution is 0.248. The second-order valence-corrected chi connectivity index (χ2v) is 11.6. The fourth-order valence-corrected chi connectivity index (χ4v) is 6.05. The zero-order valence-corrected chi connectivity index (χ0v) is 23.0. The lowest BCUT2D eigenvalue weighted by atomic mass is 9.80. The van der Waals surface area contributed by atoms with Gasteiger partial charge in [-0.15, -0.1) is 0 Å². The molecule has 1 atom stereocenters. The minimum absolute atomic E-state index is 0.0126. The van der Waals surface area contributed by atoms with Gasteiger partial charge in [0.05, 0.1) is 11.3 Å². The van der Waals surface area contributed by atoms with Gasteiger partial charge in [0.25, 0.3) is 5.56 Å². The Labute approximate surface area is 227 Å². The molecule has 1 saturated heterocycles. The molecule has 2 aliphatic heterocycles. The fourth-order valence-electron chi connectivity index (χ4n) is 6.05. The van der Waals surface area contributed by atoms with Gasteiger partial charge in [-0.05, 0) is 49.4 Å². The molecule has 1 N–H and O–H groups in total. The van der Waals surface area contributed by atoms with Gasteiger partial charge in [0.2, 0.25) is 5.95 Å². The molecule has 4 aromatic rings. The smallest absolute Gasteiger partial charge is 0.345 e. The molecule has 1 unspecified atom stereocenters.